The lowest BCUT2D eigenvalue weighted by Crippen LogP contribution is -2.50. The number of hydrogen-bond donors (Lipinski definition) is 2. The molecular formula is C13H22N2O3. The van der Waals surface area contributed by atoms with Crippen molar-refractivity contribution < 1.29 is 14.7 Å². The van der Waals surface area contributed by atoms with Crippen molar-refractivity contribution in [3.05, 3.63) is 0 Å². The van der Waals surface area contributed by atoms with Crippen molar-refractivity contribution in [1.82, 2.24) is 4.90 Å². The number of aliphatic carboxylic acids is 1. The molecule has 0 radical (unpaired) electrons. The first-order chi connectivity index (χ1) is 8.51. The third kappa shape index (κ3) is 2.83. The van der Waals surface area contributed by atoms with Crippen molar-refractivity contribution in [3.8, 4) is 0 Å². The highest BCUT2D eigenvalue weighted by Crippen LogP contribution is 2.29. The van der Waals surface area contributed by atoms with Crippen molar-refractivity contribution in [2.75, 3.05) is 13.1 Å². The maximum atomic E-state index is 12.0. The molecule has 1 amide bonds. The number of nitrogens with two attached hydrogens (primary N) is 1. The number of carbonyl (C=O) groups is 2. The summed E-state index contributed by atoms with van der Waals surface area (Å²) in [6, 6.07) is 0. The van der Waals surface area contributed by atoms with Crippen LogP contribution in [0.2, 0.25) is 0 Å². The van der Waals surface area contributed by atoms with Gasteiger partial charge in [0.1, 0.15) is 5.54 Å². The fourth-order valence-corrected chi connectivity index (χ4v) is 3.01. The van der Waals surface area contributed by atoms with E-state index >= 15 is 0 Å². The van der Waals surface area contributed by atoms with Crippen LogP contribution in [0.25, 0.3) is 0 Å². The molecule has 5 heteroatoms. The van der Waals surface area contributed by atoms with Gasteiger partial charge in [-0.15, -0.1) is 0 Å². The second kappa shape index (κ2) is 5.26. The molecule has 1 saturated carbocycles. The van der Waals surface area contributed by atoms with Crippen molar-refractivity contribution in [2.24, 2.45) is 11.7 Å². The average molecular weight is 254 g/mol. The Morgan fingerprint density at radius 1 is 1.33 bits per heavy atom. The molecule has 1 unspecified atom stereocenters. The van der Waals surface area contributed by atoms with E-state index in [-0.39, 0.29) is 12.5 Å². The number of hydrogen-bond acceptors (Lipinski definition) is 3. The van der Waals surface area contributed by atoms with Crippen LogP contribution in [0.4, 0.5) is 0 Å². The van der Waals surface area contributed by atoms with E-state index in [1.54, 1.807) is 4.90 Å². The summed E-state index contributed by atoms with van der Waals surface area (Å²) in [5.41, 5.74) is 4.52. The second-order valence-electron chi connectivity index (χ2n) is 5.72. The van der Waals surface area contributed by atoms with Crippen molar-refractivity contribution in [3.63, 3.8) is 0 Å². The Morgan fingerprint density at radius 3 is 2.56 bits per heavy atom. The SMILES string of the molecule is NC1(C(=O)O)CCN(C(=O)CCC2CCCC2)C1. The number of carbonyl (C=O) groups excluding carboxylic acids is 1. The predicted octanol–water partition coefficient (Wildman–Crippen LogP) is 0.971. The zero-order valence-corrected chi connectivity index (χ0v) is 10.7. The minimum Gasteiger partial charge on any atom is -0.480 e. The van der Waals surface area contributed by atoms with Crippen LogP contribution in [0, 0.1) is 5.92 Å². The van der Waals surface area contributed by atoms with E-state index in [0.29, 0.717) is 25.3 Å². The number of carboxylic acids is 1. The topological polar surface area (TPSA) is 83.6 Å². The molecule has 2 aliphatic rings. The smallest absolute Gasteiger partial charge is 0.325 e. The molecule has 1 saturated heterocycles. The van der Waals surface area contributed by atoms with Gasteiger partial charge in [0.05, 0.1) is 0 Å². The van der Waals surface area contributed by atoms with Gasteiger partial charge in [-0.2, -0.15) is 0 Å². The fourth-order valence-electron chi connectivity index (χ4n) is 3.01. The van der Waals surface area contributed by atoms with Gasteiger partial charge in [0.15, 0.2) is 0 Å². The van der Waals surface area contributed by atoms with Gasteiger partial charge in [0.2, 0.25) is 5.91 Å². The first kappa shape index (κ1) is 13.3. The monoisotopic (exact) mass is 254 g/mol. The van der Waals surface area contributed by atoms with Crippen molar-refractivity contribution in [1.29, 1.82) is 0 Å². The summed E-state index contributed by atoms with van der Waals surface area (Å²) >= 11 is 0. The maximum absolute atomic E-state index is 12.0. The maximum Gasteiger partial charge on any atom is 0.325 e. The van der Waals surface area contributed by atoms with Gasteiger partial charge in [-0.05, 0) is 18.8 Å². The highest BCUT2D eigenvalue weighted by molar-refractivity contribution is 5.83. The molecule has 0 aromatic carbocycles. The normalized spacial score (nSPS) is 28.8. The Morgan fingerprint density at radius 2 is 2.00 bits per heavy atom. The standard InChI is InChI=1S/C13H22N2O3/c14-13(12(17)18)7-8-15(9-13)11(16)6-5-10-3-1-2-4-10/h10H,1-9,14H2,(H,17,18). The van der Waals surface area contributed by atoms with Crippen LogP contribution in [0.1, 0.15) is 44.9 Å². The van der Waals surface area contributed by atoms with Crippen LogP contribution < -0.4 is 5.73 Å². The number of amides is 1. The van der Waals surface area contributed by atoms with Crippen molar-refractivity contribution >= 4 is 11.9 Å². The average Bonchev–Trinajstić information content (AvgIpc) is 2.95. The molecule has 102 valence electrons. The van der Waals surface area contributed by atoms with Crippen LogP contribution in [0.5, 0.6) is 0 Å². The summed E-state index contributed by atoms with van der Waals surface area (Å²) in [4.78, 5) is 24.6. The Hall–Kier alpha value is -1.10. The molecule has 0 aromatic rings. The summed E-state index contributed by atoms with van der Waals surface area (Å²) in [5.74, 6) is -0.247. The number of rotatable bonds is 4. The molecule has 1 atom stereocenters. The molecule has 2 rings (SSSR count). The minimum atomic E-state index is -1.23. The lowest BCUT2D eigenvalue weighted by atomic mass is 10.0. The quantitative estimate of drug-likeness (QED) is 0.783. The highest BCUT2D eigenvalue weighted by atomic mass is 16.4. The van der Waals surface area contributed by atoms with E-state index in [0.717, 1.165) is 6.42 Å². The molecule has 5 nitrogen and oxygen atoms in total. The summed E-state index contributed by atoms with van der Waals surface area (Å²) in [6.45, 7) is 0.637. The summed E-state index contributed by atoms with van der Waals surface area (Å²) in [5, 5.41) is 9.01. The molecule has 2 fully saturated rings. The van der Waals surface area contributed by atoms with Crippen LogP contribution in [-0.2, 0) is 9.59 Å². The van der Waals surface area contributed by atoms with Gasteiger partial charge >= 0.3 is 5.97 Å². The van der Waals surface area contributed by atoms with Crippen molar-refractivity contribution in [2.45, 2.75) is 50.5 Å². The Bertz CT molecular complexity index is 339. The first-order valence-corrected chi connectivity index (χ1v) is 6.81. The van der Waals surface area contributed by atoms with Crippen LogP contribution in [-0.4, -0.2) is 40.5 Å². The molecule has 18 heavy (non-hydrogen) atoms. The Balaban J connectivity index is 1.78. The zero-order chi connectivity index (χ0) is 13.2. The fraction of sp³-hybridized carbons (Fsp3) is 0.846. The molecule has 0 bridgehead atoms. The van der Waals surface area contributed by atoms with E-state index < -0.39 is 11.5 Å². The van der Waals surface area contributed by atoms with Gasteiger partial charge in [-0.25, -0.2) is 0 Å². The van der Waals surface area contributed by atoms with Crippen LogP contribution in [0.15, 0.2) is 0 Å². The van der Waals surface area contributed by atoms with Gasteiger partial charge in [0, 0.05) is 19.5 Å². The number of carboxylic acid groups (broad SMARTS) is 1. The van der Waals surface area contributed by atoms with Crippen LogP contribution in [0.3, 0.4) is 0 Å². The molecule has 1 aliphatic carbocycles. The van der Waals surface area contributed by atoms with Crippen LogP contribution >= 0.6 is 0 Å². The lowest BCUT2D eigenvalue weighted by molar-refractivity contribution is -0.143. The number of likely N-dealkylation sites (tertiary alicyclic amines) is 1. The first-order valence-electron chi connectivity index (χ1n) is 6.81. The van der Waals surface area contributed by atoms with Gasteiger partial charge < -0.3 is 15.7 Å². The van der Waals surface area contributed by atoms with E-state index in [1.165, 1.54) is 25.7 Å². The van der Waals surface area contributed by atoms with Gasteiger partial charge in [-0.1, -0.05) is 25.7 Å². The Kier molecular flexibility index (Phi) is 3.90. The predicted molar refractivity (Wildman–Crippen MR) is 66.9 cm³/mol. The highest BCUT2D eigenvalue weighted by Gasteiger charge is 2.42. The van der Waals surface area contributed by atoms with Gasteiger partial charge in [-0.3, -0.25) is 9.59 Å². The third-order valence-corrected chi connectivity index (χ3v) is 4.32. The van der Waals surface area contributed by atoms with E-state index in [2.05, 4.69) is 0 Å². The Labute approximate surface area is 107 Å². The summed E-state index contributed by atoms with van der Waals surface area (Å²) in [7, 11) is 0. The van der Waals surface area contributed by atoms with Gasteiger partial charge in [0.25, 0.3) is 0 Å². The molecule has 1 aliphatic heterocycles. The lowest BCUT2D eigenvalue weighted by Gasteiger charge is -2.20. The second-order valence-corrected chi connectivity index (χ2v) is 5.72. The molecule has 0 spiro atoms. The largest absolute Gasteiger partial charge is 0.480 e. The minimum absolute atomic E-state index is 0.0653. The molecular weight excluding hydrogens is 232 g/mol. The van der Waals surface area contributed by atoms with E-state index in [4.69, 9.17) is 10.8 Å². The summed E-state index contributed by atoms with van der Waals surface area (Å²) < 4.78 is 0. The number of nitrogens with zero attached hydrogens (tertiary/aromatic N) is 1. The van der Waals surface area contributed by atoms with E-state index in [1.807, 2.05) is 0 Å². The molecule has 3 N–H and O–H groups in total. The zero-order valence-electron chi connectivity index (χ0n) is 10.7. The molecule has 0 aromatic heterocycles. The summed E-state index contributed by atoms with van der Waals surface area (Å²) in [6.07, 6.45) is 6.89. The van der Waals surface area contributed by atoms with E-state index in [9.17, 15) is 9.59 Å². The third-order valence-electron chi connectivity index (χ3n) is 4.32. The molecule has 1 heterocycles.